The number of carbonyl (C=O) groups is 2. The van der Waals surface area contributed by atoms with Crippen LogP contribution >= 0.6 is 0 Å². The highest BCUT2D eigenvalue weighted by Gasteiger charge is 2.17. The number of carbonyl (C=O) groups excluding carboxylic acids is 2. The Balaban J connectivity index is 2.86. The van der Waals surface area contributed by atoms with Gasteiger partial charge in [-0.25, -0.2) is 9.59 Å². The lowest BCUT2D eigenvalue weighted by Gasteiger charge is -2.20. The highest BCUT2D eigenvalue weighted by Crippen LogP contribution is 2.16. The van der Waals surface area contributed by atoms with E-state index in [9.17, 15) is 9.59 Å². The number of amides is 2. The summed E-state index contributed by atoms with van der Waals surface area (Å²) in [6, 6.07) is 8.15. The quantitative estimate of drug-likeness (QED) is 0.644. The van der Waals surface area contributed by atoms with Crippen LogP contribution in [0, 0.1) is 11.3 Å². The van der Waals surface area contributed by atoms with Gasteiger partial charge >= 0.3 is 12.0 Å². The Morgan fingerprint density at radius 2 is 2.10 bits per heavy atom. The van der Waals surface area contributed by atoms with Crippen molar-refractivity contribution in [3.8, 4) is 6.07 Å². The van der Waals surface area contributed by atoms with Crippen molar-refractivity contribution in [2.45, 2.75) is 19.8 Å². The van der Waals surface area contributed by atoms with Crippen LogP contribution in [0.2, 0.25) is 0 Å². The van der Waals surface area contributed by atoms with E-state index in [1.165, 1.54) is 12.0 Å². The van der Waals surface area contributed by atoms with Gasteiger partial charge < -0.3 is 15.0 Å². The molecular weight excluding hydrogens is 270 g/mol. The number of nitrogens with one attached hydrogen (secondary N) is 1. The number of nitriles is 1. The summed E-state index contributed by atoms with van der Waals surface area (Å²) in [5.74, 6) is -0.522. The first-order valence-corrected chi connectivity index (χ1v) is 6.74. The zero-order valence-electron chi connectivity index (χ0n) is 12.3. The van der Waals surface area contributed by atoms with Crippen molar-refractivity contribution >= 4 is 17.7 Å². The fourth-order valence-corrected chi connectivity index (χ4v) is 1.76. The molecule has 0 bridgehead atoms. The third-order valence-electron chi connectivity index (χ3n) is 2.90. The lowest BCUT2D eigenvalue weighted by Crippen LogP contribution is -2.36. The molecule has 1 N–H and O–H groups in total. The average Bonchev–Trinajstić information content (AvgIpc) is 2.51. The highest BCUT2D eigenvalue weighted by atomic mass is 16.5. The second-order valence-corrected chi connectivity index (χ2v) is 4.40. The highest BCUT2D eigenvalue weighted by molar-refractivity contribution is 6.00. The molecule has 1 aromatic carbocycles. The Labute approximate surface area is 124 Å². The molecule has 0 aliphatic heterocycles. The minimum atomic E-state index is -0.522. The number of unbranched alkanes of at least 4 members (excludes halogenated alkanes) is 1. The predicted octanol–water partition coefficient (Wildman–Crippen LogP) is 2.63. The smallest absolute Gasteiger partial charge is 0.339 e. The summed E-state index contributed by atoms with van der Waals surface area (Å²) in [5, 5.41) is 11.4. The molecule has 0 aromatic heterocycles. The van der Waals surface area contributed by atoms with Crippen LogP contribution in [0.5, 0.6) is 0 Å². The SMILES string of the molecule is CCCCN(CC#N)C(=O)Nc1ccccc1C(=O)OC. The van der Waals surface area contributed by atoms with E-state index in [0.29, 0.717) is 12.2 Å². The zero-order chi connectivity index (χ0) is 15.7. The number of benzene rings is 1. The summed E-state index contributed by atoms with van der Waals surface area (Å²) in [5.41, 5.74) is 0.648. The summed E-state index contributed by atoms with van der Waals surface area (Å²) in [6.07, 6.45) is 1.74. The van der Waals surface area contributed by atoms with E-state index in [2.05, 4.69) is 10.1 Å². The lowest BCUT2D eigenvalue weighted by atomic mass is 10.2. The number of nitrogens with zero attached hydrogens (tertiary/aromatic N) is 2. The first kappa shape index (κ1) is 16.5. The molecule has 112 valence electrons. The van der Waals surface area contributed by atoms with Gasteiger partial charge in [0, 0.05) is 6.54 Å². The molecule has 0 fully saturated rings. The number of methoxy groups -OCH3 is 1. The van der Waals surface area contributed by atoms with Crippen molar-refractivity contribution in [2.24, 2.45) is 0 Å². The number of urea groups is 1. The molecule has 0 aliphatic carbocycles. The van der Waals surface area contributed by atoms with Crippen LogP contribution in [0.25, 0.3) is 0 Å². The van der Waals surface area contributed by atoms with Crippen molar-refractivity contribution in [1.29, 1.82) is 5.26 Å². The largest absolute Gasteiger partial charge is 0.465 e. The predicted molar refractivity (Wildman–Crippen MR) is 78.9 cm³/mol. The van der Waals surface area contributed by atoms with Crippen LogP contribution in [0.4, 0.5) is 10.5 Å². The fraction of sp³-hybridized carbons (Fsp3) is 0.400. The van der Waals surface area contributed by atoms with Gasteiger partial charge in [-0.05, 0) is 18.6 Å². The Bertz CT molecular complexity index is 537. The maximum atomic E-state index is 12.2. The molecule has 21 heavy (non-hydrogen) atoms. The van der Waals surface area contributed by atoms with Gasteiger partial charge in [0.25, 0.3) is 0 Å². The van der Waals surface area contributed by atoms with Gasteiger partial charge in [0.15, 0.2) is 0 Å². The molecule has 0 heterocycles. The molecule has 1 aromatic rings. The third-order valence-corrected chi connectivity index (χ3v) is 2.90. The number of ether oxygens (including phenoxy) is 1. The average molecular weight is 289 g/mol. The van der Waals surface area contributed by atoms with Crippen LogP contribution in [0.1, 0.15) is 30.1 Å². The number of rotatable bonds is 6. The minimum absolute atomic E-state index is 0.00618. The van der Waals surface area contributed by atoms with Gasteiger partial charge in [-0.1, -0.05) is 25.5 Å². The van der Waals surface area contributed by atoms with E-state index in [-0.39, 0.29) is 12.1 Å². The monoisotopic (exact) mass is 289 g/mol. The lowest BCUT2D eigenvalue weighted by molar-refractivity contribution is 0.0602. The molecule has 6 heteroatoms. The van der Waals surface area contributed by atoms with Crippen molar-refractivity contribution in [2.75, 3.05) is 25.5 Å². The summed E-state index contributed by atoms with van der Waals surface area (Å²) in [7, 11) is 1.28. The van der Waals surface area contributed by atoms with Gasteiger partial charge in [-0.3, -0.25) is 0 Å². The first-order valence-electron chi connectivity index (χ1n) is 6.74. The van der Waals surface area contributed by atoms with E-state index in [1.54, 1.807) is 24.3 Å². The number of para-hydroxylation sites is 1. The Kier molecular flexibility index (Phi) is 6.75. The maximum absolute atomic E-state index is 12.2. The zero-order valence-corrected chi connectivity index (χ0v) is 12.3. The molecule has 6 nitrogen and oxygen atoms in total. The summed E-state index contributed by atoms with van der Waals surface area (Å²) in [6.45, 7) is 2.51. The summed E-state index contributed by atoms with van der Waals surface area (Å²) >= 11 is 0. The van der Waals surface area contributed by atoms with E-state index < -0.39 is 12.0 Å². The van der Waals surface area contributed by atoms with Crippen LogP contribution in [0.15, 0.2) is 24.3 Å². The van der Waals surface area contributed by atoms with Crippen LogP contribution in [-0.2, 0) is 4.74 Å². The molecule has 2 amide bonds. The van der Waals surface area contributed by atoms with Crippen LogP contribution in [-0.4, -0.2) is 37.1 Å². The molecule has 0 saturated heterocycles. The Morgan fingerprint density at radius 3 is 2.71 bits per heavy atom. The van der Waals surface area contributed by atoms with Crippen LogP contribution in [0.3, 0.4) is 0 Å². The molecule has 0 unspecified atom stereocenters. The molecule has 0 radical (unpaired) electrons. The van der Waals surface area contributed by atoms with Gasteiger partial charge in [0.2, 0.25) is 0 Å². The van der Waals surface area contributed by atoms with Gasteiger partial charge in [0.05, 0.1) is 24.4 Å². The van der Waals surface area contributed by atoms with Crippen molar-refractivity contribution in [1.82, 2.24) is 4.90 Å². The normalized spacial score (nSPS) is 9.57. The number of anilines is 1. The minimum Gasteiger partial charge on any atom is -0.465 e. The molecule has 0 aliphatic rings. The van der Waals surface area contributed by atoms with E-state index >= 15 is 0 Å². The third kappa shape index (κ3) is 4.80. The van der Waals surface area contributed by atoms with E-state index in [1.807, 2.05) is 13.0 Å². The maximum Gasteiger partial charge on any atom is 0.339 e. The van der Waals surface area contributed by atoms with Crippen molar-refractivity contribution in [3.05, 3.63) is 29.8 Å². The van der Waals surface area contributed by atoms with E-state index in [0.717, 1.165) is 12.8 Å². The molecule has 0 spiro atoms. The summed E-state index contributed by atoms with van der Waals surface area (Å²) < 4.78 is 4.68. The van der Waals surface area contributed by atoms with Crippen LogP contribution < -0.4 is 5.32 Å². The topological polar surface area (TPSA) is 82.4 Å². The molecular formula is C15H19N3O3. The molecule has 0 atom stereocenters. The van der Waals surface area contributed by atoms with Gasteiger partial charge in [-0.15, -0.1) is 0 Å². The number of hydrogen-bond donors (Lipinski definition) is 1. The summed E-state index contributed by atoms with van der Waals surface area (Å²) in [4.78, 5) is 25.2. The number of esters is 1. The second-order valence-electron chi connectivity index (χ2n) is 4.40. The van der Waals surface area contributed by atoms with Gasteiger partial charge in [-0.2, -0.15) is 5.26 Å². The second kappa shape index (κ2) is 8.59. The van der Waals surface area contributed by atoms with Gasteiger partial charge in [0.1, 0.15) is 6.54 Å². The first-order chi connectivity index (χ1) is 10.1. The standard InChI is InChI=1S/C15H19N3O3/c1-3-4-10-18(11-9-16)15(20)17-13-8-6-5-7-12(13)14(19)21-2/h5-8H,3-4,10-11H2,1-2H3,(H,17,20). The molecule has 1 rings (SSSR count). The van der Waals surface area contributed by atoms with Crippen molar-refractivity contribution < 1.29 is 14.3 Å². The number of hydrogen-bond acceptors (Lipinski definition) is 4. The van der Waals surface area contributed by atoms with E-state index in [4.69, 9.17) is 5.26 Å². The van der Waals surface area contributed by atoms with Crippen molar-refractivity contribution in [3.63, 3.8) is 0 Å². The molecule has 0 saturated carbocycles. The Morgan fingerprint density at radius 1 is 1.38 bits per heavy atom. The Hall–Kier alpha value is -2.55. The fourth-order valence-electron chi connectivity index (χ4n) is 1.76.